The number of hydrogen-bond donors (Lipinski definition) is 4. The highest BCUT2D eigenvalue weighted by molar-refractivity contribution is 5.91. The molecule has 7 nitrogen and oxygen atoms in total. The molecule has 0 unspecified atom stereocenters. The molecule has 1 aliphatic rings. The van der Waals surface area contributed by atoms with E-state index in [2.05, 4.69) is 16.0 Å². The molecule has 4 N–H and O–H groups in total. The zero-order valence-electron chi connectivity index (χ0n) is 10.5. The summed E-state index contributed by atoms with van der Waals surface area (Å²) in [4.78, 5) is 33.9. The maximum atomic E-state index is 11.7. The van der Waals surface area contributed by atoms with Crippen LogP contribution in [0, 0.1) is 0 Å². The SMILES string of the molecule is C[C@H](NC(=O)[C@@H](C)NC(=O)[C@H]1CCCN1)C(=O)O. The molecule has 7 heteroatoms. The molecule has 1 aliphatic heterocycles. The van der Waals surface area contributed by atoms with Crippen molar-refractivity contribution in [1.82, 2.24) is 16.0 Å². The predicted octanol–water partition coefficient (Wildman–Crippen LogP) is -1.17. The first-order valence-corrected chi connectivity index (χ1v) is 5.98. The molecule has 2 amide bonds. The van der Waals surface area contributed by atoms with E-state index in [1.807, 2.05) is 0 Å². The quantitative estimate of drug-likeness (QED) is 0.496. The lowest BCUT2D eigenvalue weighted by molar-refractivity contribution is -0.141. The Labute approximate surface area is 105 Å². The Kier molecular flexibility index (Phi) is 5.08. The van der Waals surface area contributed by atoms with E-state index in [1.165, 1.54) is 13.8 Å². The number of aliphatic carboxylic acids is 1. The highest BCUT2D eigenvalue weighted by atomic mass is 16.4. The molecule has 1 fully saturated rings. The molecular weight excluding hydrogens is 238 g/mol. The molecule has 0 bridgehead atoms. The van der Waals surface area contributed by atoms with Gasteiger partial charge in [-0.3, -0.25) is 14.4 Å². The van der Waals surface area contributed by atoms with E-state index >= 15 is 0 Å². The Morgan fingerprint density at radius 1 is 1.22 bits per heavy atom. The molecule has 18 heavy (non-hydrogen) atoms. The lowest BCUT2D eigenvalue weighted by Crippen LogP contribution is -2.52. The third kappa shape index (κ3) is 3.99. The van der Waals surface area contributed by atoms with Crippen LogP contribution < -0.4 is 16.0 Å². The molecule has 0 aromatic carbocycles. The summed E-state index contributed by atoms with van der Waals surface area (Å²) in [5.74, 6) is -1.84. The van der Waals surface area contributed by atoms with Gasteiger partial charge in [-0.2, -0.15) is 0 Å². The highest BCUT2D eigenvalue weighted by Crippen LogP contribution is 2.04. The fraction of sp³-hybridized carbons (Fsp3) is 0.727. The summed E-state index contributed by atoms with van der Waals surface area (Å²) in [5.41, 5.74) is 0. The molecular formula is C11H19N3O4. The van der Waals surface area contributed by atoms with Crippen LogP contribution in [-0.2, 0) is 14.4 Å². The molecule has 1 heterocycles. The van der Waals surface area contributed by atoms with E-state index in [0.29, 0.717) is 0 Å². The van der Waals surface area contributed by atoms with Crippen molar-refractivity contribution in [3.63, 3.8) is 0 Å². The zero-order chi connectivity index (χ0) is 13.7. The maximum Gasteiger partial charge on any atom is 0.325 e. The van der Waals surface area contributed by atoms with Crippen molar-refractivity contribution in [3.05, 3.63) is 0 Å². The van der Waals surface area contributed by atoms with Gasteiger partial charge in [0, 0.05) is 0 Å². The van der Waals surface area contributed by atoms with Gasteiger partial charge in [0.1, 0.15) is 12.1 Å². The van der Waals surface area contributed by atoms with Gasteiger partial charge >= 0.3 is 5.97 Å². The van der Waals surface area contributed by atoms with Gasteiger partial charge in [-0.25, -0.2) is 0 Å². The summed E-state index contributed by atoms with van der Waals surface area (Å²) >= 11 is 0. The molecule has 0 aromatic heterocycles. The van der Waals surface area contributed by atoms with Gasteiger partial charge in [0.2, 0.25) is 11.8 Å². The Hall–Kier alpha value is -1.63. The van der Waals surface area contributed by atoms with E-state index in [1.54, 1.807) is 0 Å². The molecule has 0 aliphatic carbocycles. The molecule has 1 rings (SSSR count). The van der Waals surface area contributed by atoms with Gasteiger partial charge in [-0.05, 0) is 33.2 Å². The van der Waals surface area contributed by atoms with E-state index < -0.39 is 24.0 Å². The predicted molar refractivity (Wildman–Crippen MR) is 63.9 cm³/mol. The molecule has 0 spiro atoms. The molecule has 0 saturated carbocycles. The van der Waals surface area contributed by atoms with Gasteiger partial charge in [-0.1, -0.05) is 0 Å². The van der Waals surface area contributed by atoms with Crippen LogP contribution in [0.4, 0.5) is 0 Å². The normalized spacial score (nSPS) is 22.0. The summed E-state index contributed by atoms with van der Waals surface area (Å²) in [6.45, 7) is 3.69. The van der Waals surface area contributed by atoms with Crippen molar-refractivity contribution < 1.29 is 19.5 Å². The molecule has 1 saturated heterocycles. The van der Waals surface area contributed by atoms with Crippen LogP contribution in [0.15, 0.2) is 0 Å². The van der Waals surface area contributed by atoms with E-state index in [0.717, 1.165) is 19.4 Å². The first kappa shape index (κ1) is 14.4. The number of amides is 2. The van der Waals surface area contributed by atoms with Crippen molar-refractivity contribution in [2.24, 2.45) is 0 Å². The molecule has 0 aromatic rings. The second-order valence-corrected chi connectivity index (χ2v) is 4.45. The average molecular weight is 257 g/mol. The fourth-order valence-corrected chi connectivity index (χ4v) is 1.69. The number of carbonyl (C=O) groups excluding carboxylic acids is 2. The standard InChI is InChI=1S/C11H19N3O4/c1-6(9(15)14-7(2)11(17)18)13-10(16)8-4-3-5-12-8/h6-8,12H,3-5H2,1-2H3,(H,13,16)(H,14,15)(H,17,18)/t6-,7+,8-/m1/s1. The molecule has 3 atom stereocenters. The van der Waals surface area contributed by atoms with Crippen LogP contribution in [0.1, 0.15) is 26.7 Å². The average Bonchev–Trinajstić information content (AvgIpc) is 2.81. The maximum absolute atomic E-state index is 11.7. The number of rotatable bonds is 5. The van der Waals surface area contributed by atoms with Gasteiger partial charge in [0.15, 0.2) is 0 Å². The van der Waals surface area contributed by atoms with Crippen LogP contribution in [0.5, 0.6) is 0 Å². The summed E-state index contributed by atoms with van der Waals surface area (Å²) in [6.07, 6.45) is 1.69. The first-order chi connectivity index (χ1) is 8.41. The van der Waals surface area contributed by atoms with Gasteiger partial charge in [-0.15, -0.1) is 0 Å². The van der Waals surface area contributed by atoms with Crippen LogP contribution in [0.2, 0.25) is 0 Å². The van der Waals surface area contributed by atoms with Gasteiger partial charge < -0.3 is 21.1 Å². The number of hydrogen-bond acceptors (Lipinski definition) is 4. The smallest absolute Gasteiger partial charge is 0.325 e. The van der Waals surface area contributed by atoms with Gasteiger partial charge in [0.05, 0.1) is 6.04 Å². The molecule has 102 valence electrons. The van der Waals surface area contributed by atoms with Crippen molar-refractivity contribution in [2.75, 3.05) is 6.54 Å². The van der Waals surface area contributed by atoms with Crippen LogP contribution in [0.3, 0.4) is 0 Å². The Balaban J connectivity index is 2.39. The number of carboxylic acids is 1. The van der Waals surface area contributed by atoms with Crippen molar-refractivity contribution in [2.45, 2.75) is 44.8 Å². The summed E-state index contributed by atoms with van der Waals surface area (Å²) in [7, 11) is 0. The topological polar surface area (TPSA) is 108 Å². The monoisotopic (exact) mass is 257 g/mol. The van der Waals surface area contributed by atoms with E-state index in [-0.39, 0.29) is 11.9 Å². The number of carboxylic acid groups (broad SMARTS) is 1. The van der Waals surface area contributed by atoms with Crippen molar-refractivity contribution >= 4 is 17.8 Å². The molecule has 0 radical (unpaired) electrons. The number of nitrogens with one attached hydrogen (secondary N) is 3. The van der Waals surface area contributed by atoms with Crippen molar-refractivity contribution in [1.29, 1.82) is 0 Å². The highest BCUT2D eigenvalue weighted by Gasteiger charge is 2.26. The summed E-state index contributed by atoms with van der Waals surface area (Å²) in [6, 6.07) is -1.97. The lowest BCUT2D eigenvalue weighted by Gasteiger charge is -2.18. The second kappa shape index (κ2) is 6.34. The third-order valence-corrected chi connectivity index (χ3v) is 2.86. The Morgan fingerprint density at radius 2 is 1.89 bits per heavy atom. The van der Waals surface area contributed by atoms with Crippen LogP contribution in [-0.4, -0.2) is 47.6 Å². The van der Waals surface area contributed by atoms with E-state index in [9.17, 15) is 14.4 Å². The minimum atomic E-state index is -1.11. The summed E-state index contributed by atoms with van der Waals surface area (Å²) < 4.78 is 0. The second-order valence-electron chi connectivity index (χ2n) is 4.45. The summed E-state index contributed by atoms with van der Waals surface area (Å²) in [5, 5.41) is 16.5. The van der Waals surface area contributed by atoms with Gasteiger partial charge in [0.25, 0.3) is 0 Å². The Bertz CT molecular complexity index is 339. The van der Waals surface area contributed by atoms with Crippen LogP contribution >= 0.6 is 0 Å². The third-order valence-electron chi connectivity index (χ3n) is 2.86. The minimum absolute atomic E-state index is 0.224. The Morgan fingerprint density at radius 3 is 2.39 bits per heavy atom. The lowest BCUT2D eigenvalue weighted by atomic mass is 10.2. The fourth-order valence-electron chi connectivity index (χ4n) is 1.69. The minimum Gasteiger partial charge on any atom is -0.480 e. The van der Waals surface area contributed by atoms with Crippen LogP contribution in [0.25, 0.3) is 0 Å². The van der Waals surface area contributed by atoms with E-state index in [4.69, 9.17) is 5.11 Å². The zero-order valence-corrected chi connectivity index (χ0v) is 10.5. The first-order valence-electron chi connectivity index (χ1n) is 5.98. The van der Waals surface area contributed by atoms with Crippen molar-refractivity contribution in [3.8, 4) is 0 Å². The number of carbonyl (C=O) groups is 3. The largest absolute Gasteiger partial charge is 0.480 e.